The number of nitrogens with one attached hydrogen (secondary N) is 3. The third-order valence-corrected chi connectivity index (χ3v) is 7.46. The quantitative estimate of drug-likeness (QED) is 0.311. The highest BCUT2D eigenvalue weighted by Crippen LogP contribution is 2.34. The first kappa shape index (κ1) is 22.7. The number of methoxy groups -OCH3 is 1. The van der Waals surface area contributed by atoms with Gasteiger partial charge >= 0.3 is 0 Å². The molecule has 5 aromatic rings. The van der Waals surface area contributed by atoms with Gasteiger partial charge in [-0.15, -0.1) is 0 Å². The molecule has 1 aliphatic rings. The molecule has 0 spiro atoms. The molecule has 3 N–H and O–H groups in total. The second-order valence-electron chi connectivity index (χ2n) is 8.48. The molecule has 0 fully saturated rings. The third kappa shape index (κ3) is 4.15. The van der Waals surface area contributed by atoms with Crippen molar-refractivity contribution in [1.29, 1.82) is 0 Å². The Labute approximate surface area is 211 Å². The Bertz CT molecular complexity index is 1800. The lowest BCUT2D eigenvalue weighted by Crippen LogP contribution is -2.23. The Balaban J connectivity index is 1.58. The van der Waals surface area contributed by atoms with Gasteiger partial charge in [0, 0.05) is 59.1 Å². The molecule has 184 valence electrons. The molecule has 0 aliphatic carbocycles. The zero-order valence-corrected chi connectivity index (χ0v) is 20.3. The Morgan fingerprint density at radius 1 is 0.946 bits per heavy atom. The minimum Gasteiger partial charge on any atom is -0.480 e. The number of H-pyrrole nitrogens is 1. The zero-order valence-electron chi connectivity index (χ0n) is 19.5. The highest BCUT2D eigenvalue weighted by atomic mass is 32.2. The summed E-state index contributed by atoms with van der Waals surface area (Å²) in [6.07, 6.45) is 6.73. The lowest BCUT2D eigenvalue weighted by molar-refractivity contribution is 0.0950. The van der Waals surface area contributed by atoms with Crippen molar-refractivity contribution >= 4 is 32.7 Å². The first-order chi connectivity index (χ1) is 17.9. The predicted molar refractivity (Wildman–Crippen MR) is 138 cm³/mol. The van der Waals surface area contributed by atoms with E-state index in [9.17, 15) is 13.2 Å². The predicted octanol–water partition coefficient (Wildman–Crippen LogP) is 3.74. The average Bonchev–Trinajstić information content (AvgIpc) is 3.36. The fourth-order valence-electron chi connectivity index (χ4n) is 4.29. The summed E-state index contributed by atoms with van der Waals surface area (Å²) >= 11 is 0. The minimum atomic E-state index is -4.07. The maximum absolute atomic E-state index is 13.3. The number of pyridine rings is 3. The number of benzene rings is 1. The van der Waals surface area contributed by atoms with Crippen LogP contribution < -0.4 is 14.8 Å². The van der Waals surface area contributed by atoms with Crippen LogP contribution in [0, 0.1) is 0 Å². The van der Waals surface area contributed by atoms with E-state index in [1.54, 1.807) is 36.9 Å². The van der Waals surface area contributed by atoms with Gasteiger partial charge in [-0.2, -0.15) is 0 Å². The smallest absolute Gasteiger partial charge is 0.262 e. The van der Waals surface area contributed by atoms with Crippen molar-refractivity contribution in [3.05, 3.63) is 84.4 Å². The van der Waals surface area contributed by atoms with Crippen molar-refractivity contribution in [2.75, 3.05) is 11.8 Å². The Morgan fingerprint density at radius 3 is 2.70 bits per heavy atom. The summed E-state index contributed by atoms with van der Waals surface area (Å²) in [6.45, 7) is 0.217. The summed E-state index contributed by atoms with van der Waals surface area (Å²) in [5.41, 5.74) is 4.91. The molecule has 1 amide bonds. The molecule has 4 aromatic heterocycles. The van der Waals surface area contributed by atoms with Crippen molar-refractivity contribution in [3.8, 4) is 28.3 Å². The van der Waals surface area contributed by atoms with Crippen LogP contribution in [0.15, 0.2) is 78.2 Å². The first-order valence-corrected chi connectivity index (χ1v) is 12.8. The maximum Gasteiger partial charge on any atom is 0.262 e. The number of amides is 1. The van der Waals surface area contributed by atoms with Crippen molar-refractivity contribution < 1.29 is 17.9 Å². The lowest BCUT2D eigenvalue weighted by Gasteiger charge is -2.13. The number of rotatable bonds is 1. The number of aromatic amines is 1. The van der Waals surface area contributed by atoms with Gasteiger partial charge in [0.25, 0.3) is 15.9 Å². The molecular weight excluding hydrogens is 492 g/mol. The second-order valence-corrected chi connectivity index (χ2v) is 10.2. The van der Waals surface area contributed by atoms with Gasteiger partial charge in [0.2, 0.25) is 5.88 Å². The van der Waals surface area contributed by atoms with Gasteiger partial charge in [-0.3, -0.25) is 14.5 Å². The van der Waals surface area contributed by atoms with Crippen LogP contribution >= 0.6 is 0 Å². The van der Waals surface area contributed by atoms with E-state index in [1.807, 2.05) is 18.2 Å². The van der Waals surface area contributed by atoms with Crippen molar-refractivity contribution in [3.63, 3.8) is 0 Å². The lowest BCUT2D eigenvalue weighted by atomic mass is 10.0. The topological polar surface area (TPSA) is 139 Å². The number of fused-ring (bicyclic) bond motifs is 9. The van der Waals surface area contributed by atoms with E-state index in [-0.39, 0.29) is 28.6 Å². The van der Waals surface area contributed by atoms with Crippen LogP contribution in [0.5, 0.6) is 5.88 Å². The van der Waals surface area contributed by atoms with E-state index in [4.69, 9.17) is 4.74 Å². The molecule has 0 saturated carbocycles. The van der Waals surface area contributed by atoms with Crippen molar-refractivity contribution in [2.24, 2.45) is 0 Å². The maximum atomic E-state index is 13.3. The number of hydrogen-bond acceptors (Lipinski definition) is 7. The average molecular weight is 513 g/mol. The zero-order chi connectivity index (χ0) is 25.6. The Hall–Kier alpha value is -4.77. The van der Waals surface area contributed by atoms with E-state index in [0.717, 1.165) is 22.1 Å². The molecule has 1 aliphatic heterocycles. The highest BCUT2D eigenvalue weighted by Gasteiger charge is 2.21. The van der Waals surface area contributed by atoms with Crippen LogP contribution in [-0.4, -0.2) is 41.4 Å². The summed E-state index contributed by atoms with van der Waals surface area (Å²) in [5, 5.41) is 3.69. The Morgan fingerprint density at radius 2 is 1.84 bits per heavy atom. The SMILES string of the molecule is COc1ncc2cc1NS(=O)(=O)c1cccc(c1)C(=O)NCc1cncc(c1)-c1ccnc3[nH]c-2cc13. The molecule has 10 nitrogen and oxygen atoms in total. The second kappa shape index (κ2) is 8.71. The monoisotopic (exact) mass is 512 g/mol. The minimum absolute atomic E-state index is 0.0724. The molecule has 6 rings (SSSR count). The van der Waals surface area contributed by atoms with Gasteiger partial charge in [-0.25, -0.2) is 18.4 Å². The molecule has 11 heteroatoms. The van der Waals surface area contributed by atoms with Gasteiger partial charge in [0.1, 0.15) is 11.3 Å². The molecule has 0 unspecified atom stereocenters. The van der Waals surface area contributed by atoms with Crippen LogP contribution in [0.3, 0.4) is 0 Å². The molecule has 0 radical (unpaired) electrons. The van der Waals surface area contributed by atoms with Crippen molar-refractivity contribution in [2.45, 2.75) is 11.4 Å². The molecule has 1 aromatic carbocycles. The van der Waals surface area contributed by atoms with Gasteiger partial charge in [-0.1, -0.05) is 6.07 Å². The number of aromatic nitrogens is 4. The van der Waals surface area contributed by atoms with E-state index in [2.05, 4.69) is 30.0 Å². The van der Waals surface area contributed by atoms with Crippen LogP contribution in [0.4, 0.5) is 5.69 Å². The van der Waals surface area contributed by atoms with Gasteiger partial charge in [0.05, 0.1) is 12.0 Å². The fourth-order valence-corrected chi connectivity index (χ4v) is 5.39. The largest absolute Gasteiger partial charge is 0.480 e. The number of nitrogens with zero attached hydrogens (tertiary/aromatic N) is 3. The van der Waals surface area contributed by atoms with E-state index in [0.29, 0.717) is 16.9 Å². The van der Waals surface area contributed by atoms with Crippen LogP contribution in [0.25, 0.3) is 33.4 Å². The highest BCUT2D eigenvalue weighted by molar-refractivity contribution is 7.92. The molecule has 0 saturated heterocycles. The molecule has 8 bridgehead atoms. The molecular formula is C26H20N6O4S. The number of sulfonamides is 1. The molecule has 5 heterocycles. The van der Waals surface area contributed by atoms with E-state index < -0.39 is 15.9 Å². The van der Waals surface area contributed by atoms with Gasteiger partial charge in [-0.05, 0) is 53.6 Å². The number of carbonyl (C=O) groups excluding carboxylic acids is 1. The van der Waals surface area contributed by atoms with Crippen molar-refractivity contribution in [1.82, 2.24) is 25.3 Å². The number of anilines is 1. The fraction of sp³-hybridized carbons (Fsp3) is 0.0769. The standard InChI is InChI=1S/C26H20N6O4S/c1-36-26-23-9-18(14-30-26)22-10-21-20(5-6-28-24(21)31-22)17-7-15(11-27-13-17)12-29-25(33)16-3-2-4-19(8-16)37(34,35)32-23/h2-11,13-14,32H,12H2,1H3,(H,28,31)(H,29,33). The first-order valence-electron chi connectivity index (χ1n) is 11.3. The number of ether oxygens (including phenoxy) is 1. The third-order valence-electron chi connectivity index (χ3n) is 6.10. The summed E-state index contributed by atoms with van der Waals surface area (Å²) < 4.78 is 34.4. The van der Waals surface area contributed by atoms with Crippen LogP contribution in [0.2, 0.25) is 0 Å². The van der Waals surface area contributed by atoms with E-state index >= 15 is 0 Å². The summed E-state index contributed by atoms with van der Waals surface area (Å²) in [6, 6.07) is 13.2. The number of carbonyl (C=O) groups is 1. The van der Waals surface area contributed by atoms with Gasteiger partial charge in [0.15, 0.2) is 0 Å². The molecule has 0 atom stereocenters. The Kier molecular flexibility index (Phi) is 5.34. The number of hydrogen-bond donors (Lipinski definition) is 3. The van der Waals surface area contributed by atoms with Crippen LogP contribution in [0.1, 0.15) is 15.9 Å². The van der Waals surface area contributed by atoms with Gasteiger partial charge < -0.3 is 15.0 Å². The van der Waals surface area contributed by atoms with Crippen LogP contribution in [-0.2, 0) is 16.6 Å². The van der Waals surface area contributed by atoms with E-state index in [1.165, 1.54) is 25.3 Å². The summed E-state index contributed by atoms with van der Waals surface area (Å²) in [4.78, 5) is 29.2. The summed E-state index contributed by atoms with van der Waals surface area (Å²) in [7, 11) is -2.66. The summed E-state index contributed by atoms with van der Waals surface area (Å²) in [5.74, 6) is -0.306. The normalized spacial score (nSPS) is 14.4. The molecule has 37 heavy (non-hydrogen) atoms.